The quantitative estimate of drug-likeness (QED) is 0.801. The smallest absolute Gasteiger partial charge is 0.0682 e. The van der Waals surface area contributed by atoms with Gasteiger partial charge in [0.15, 0.2) is 0 Å². The number of hydrogen-bond acceptors (Lipinski definition) is 1. The van der Waals surface area contributed by atoms with E-state index in [9.17, 15) is 0 Å². The van der Waals surface area contributed by atoms with Gasteiger partial charge in [-0.1, -0.05) is 18.2 Å². The Bertz CT molecular complexity index is 477. The van der Waals surface area contributed by atoms with E-state index in [1.807, 2.05) is 12.1 Å². The molecule has 2 aromatic rings. The predicted octanol–water partition coefficient (Wildman–Crippen LogP) is 3.25. The minimum absolute atomic E-state index is 0.112. The summed E-state index contributed by atoms with van der Waals surface area (Å²) in [6.45, 7) is 2.24. The zero-order chi connectivity index (χ0) is 10.1. The molecular weight excluding hydrogens is 287 g/mol. The van der Waals surface area contributed by atoms with Gasteiger partial charge < -0.3 is 5.11 Å². The lowest BCUT2D eigenvalue weighted by molar-refractivity contribution is 0.282. The van der Waals surface area contributed by atoms with E-state index in [4.69, 9.17) is 5.11 Å². The van der Waals surface area contributed by atoms with E-state index in [0.717, 1.165) is 5.56 Å². The van der Waals surface area contributed by atoms with Crippen molar-refractivity contribution in [1.82, 2.24) is 0 Å². The van der Waals surface area contributed by atoms with Gasteiger partial charge in [0.1, 0.15) is 0 Å². The predicted molar refractivity (Wildman–Crippen MR) is 67.3 cm³/mol. The molecule has 0 fully saturated rings. The zero-order valence-electron chi connectivity index (χ0n) is 7.92. The van der Waals surface area contributed by atoms with Crippen LogP contribution in [0, 0.1) is 10.5 Å². The van der Waals surface area contributed by atoms with Crippen LogP contribution in [0.1, 0.15) is 11.1 Å². The molecule has 0 radical (unpaired) electrons. The molecule has 1 nitrogen and oxygen atoms in total. The van der Waals surface area contributed by atoms with Crippen LogP contribution in [0.5, 0.6) is 0 Å². The Morgan fingerprint density at radius 3 is 2.71 bits per heavy atom. The Morgan fingerprint density at radius 2 is 2.00 bits per heavy atom. The highest BCUT2D eigenvalue weighted by molar-refractivity contribution is 14.1. The molecule has 0 aliphatic rings. The molecule has 0 saturated heterocycles. The van der Waals surface area contributed by atoms with Crippen molar-refractivity contribution in [3.8, 4) is 0 Å². The van der Waals surface area contributed by atoms with Gasteiger partial charge in [0.25, 0.3) is 0 Å². The van der Waals surface area contributed by atoms with Crippen molar-refractivity contribution in [2.24, 2.45) is 0 Å². The first-order chi connectivity index (χ1) is 6.72. The summed E-state index contributed by atoms with van der Waals surface area (Å²) in [4.78, 5) is 0. The maximum absolute atomic E-state index is 9.02. The molecule has 14 heavy (non-hydrogen) atoms. The SMILES string of the molecule is Cc1c(I)ccc2cc(CO)ccc12. The van der Waals surface area contributed by atoms with E-state index in [-0.39, 0.29) is 6.61 Å². The van der Waals surface area contributed by atoms with Crippen LogP contribution in [0.25, 0.3) is 10.8 Å². The number of aliphatic hydroxyl groups excluding tert-OH is 1. The van der Waals surface area contributed by atoms with Gasteiger partial charge in [-0.3, -0.25) is 0 Å². The molecule has 0 bridgehead atoms. The van der Waals surface area contributed by atoms with Gasteiger partial charge in [0.05, 0.1) is 6.61 Å². The van der Waals surface area contributed by atoms with Crippen LogP contribution in [0.15, 0.2) is 30.3 Å². The van der Waals surface area contributed by atoms with Crippen molar-refractivity contribution in [2.45, 2.75) is 13.5 Å². The summed E-state index contributed by atoms with van der Waals surface area (Å²) in [7, 11) is 0. The van der Waals surface area contributed by atoms with Crippen LogP contribution >= 0.6 is 22.6 Å². The van der Waals surface area contributed by atoms with Gasteiger partial charge >= 0.3 is 0 Å². The monoisotopic (exact) mass is 298 g/mol. The van der Waals surface area contributed by atoms with Crippen molar-refractivity contribution in [3.05, 3.63) is 45.0 Å². The first-order valence-electron chi connectivity index (χ1n) is 4.51. The van der Waals surface area contributed by atoms with Crippen molar-refractivity contribution < 1.29 is 5.11 Å². The van der Waals surface area contributed by atoms with Crippen molar-refractivity contribution in [1.29, 1.82) is 0 Å². The average molecular weight is 298 g/mol. The van der Waals surface area contributed by atoms with Crippen LogP contribution in [0.4, 0.5) is 0 Å². The second kappa shape index (κ2) is 3.87. The molecule has 0 heterocycles. The van der Waals surface area contributed by atoms with E-state index >= 15 is 0 Å². The van der Waals surface area contributed by atoms with Crippen LogP contribution in [0.3, 0.4) is 0 Å². The second-order valence-electron chi connectivity index (χ2n) is 3.39. The first kappa shape index (κ1) is 9.93. The molecule has 0 unspecified atom stereocenters. The first-order valence-corrected chi connectivity index (χ1v) is 5.59. The number of fused-ring (bicyclic) bond motifs is 1. The Labute approximate surface area is 96.9 Å². The fourth-order valence-corrected chi connectivity index (χ4v) is 2.08. The molecule has 2 rings (SSSR count). The highest BCUT2D eigenvalue weighted by Gasteiger charge is 2.01. The Hall–Kier alpha value is -0.610. The third kappa shape index (κ3) is 1.64. The van der Waals surface area contributed by atoms with E-state index in [1.54, 1.807) is 0 Å². The van der Waals surface area contributed by atoms with E-state index < -0.39 is 0 Å². The lowest BCUT2D eigenvalue weighted by atomic mass is 10.0. The number of rotatable bonds is 1. The summed E-state index contributed by atoms with van der Waals surface area (Å²) >= 11 is 2.34. The molecule has 2 aromatic carbocycles. The standard InChI is InChI=1S/C12H11IO/c1-8-11-4-2-9(7-14)6-10(11)3-5-12(8)13/h2-6,14H,7H2,1H3. The van der Waals surface area contributed by atoms with Gasteiger partial charge in [0.2, 0.25) is 0 Å². The average Bonchev–Trinajstić information content (AvgIpc) is 2.23. The number of benzene rings is 2. The van der Waals surface area contributed by atoms with E-state index in [1.165, 1.54) is 19.9 Å². The molecule has 0 aliphatic heterocycles. The van der Waals surface area contributed by atoms with Crippen molar-refractivity contribution in [2.75, 3.05) is 0 Å². The molecule has 72 valence electrons. The van der Waals surface area contributed by atoms with Crippen molar-refractivity contribution in [3.63, 3.8) is 0 Å². The zero-order valence-corrected chi connectivity index (χ0v) is 10.1. The number of halogens is 1. The third-order valence-electron chi connectivity index (χ3n) is 2.47. The number of aryl methyl sites for hydroxylation is 1. The fraction of sp³-hybridized carbons (Fsp3) is 0.167. The molecular formula is C12H11IO. The molecule has 0 atom stereocenters. The summed E-state index contributed by atoms with van der Waals surface area (Å²) < 4.78 is 1.28. The summed E-state index contributed by atoms with van der Waals surface area (Å²) in [6.07, 6.45) is 0. The maximum atomic E-state index is 9.02. The minimum atomic E-state index is 0.112. The highest BCUT2D eigenvalue weighted by Crippen LogP contribution is 2.23. The number of hydrogen-bond donors (Lipinski definition) is 1. The summed E-state index contributed by atoms with van der Waals surface area (Å²) in [6, 6.07) is 10.3. The summed E-state index contributed by atoms with van der Waals surface area (Å²) in [5.74, 6) is 0. The van der Waals surface area contributed by atoms with Gasteiger partial charge in [-0.25, -0.2) is 0 Å². The molecule has 2 heteroatoms. The van der Waals surface area contributed by atoms with Gasteiger partial charge in [-0.15, -0.1) is 0 Å². The van der Waals surface area contributed by atoms with Crippen LogP contribution in [0.2, 0.25) is 0 Å². The van der Waals surface area contributed by atoms with Gasteiger partial charge in [0, 0.05) is 3.57 Å². The normalized spacial score (nSPS) is 10.8. The van der Waals surface area contributed by atoms with Crippen LogP contribution < -0.4 is 0 Å². The topological polar surface area (TPSA) is 20.2 Å². The van der Waals surface area contributed by atoms with Crippen molar-refractivity contribution >= 4 is 33.4 Å². The molecule has 0 amide bonds. The largest absolute Gasteiger partial charge is 0.392 e. The van der Waals surface area contributed by atoms with Gasteiger partial charge in [-0.05, 0) is 63.5 Å². The minimum Gasteiger partial charge on any atom is -0.392 e. The lowest BCUT2D eigenvalue weighted by Gasteiger charge is -2.05. The van der Waals surface area contributed by atoms with Crippen LogP contribution in [-0.2, 0) is 6.61 Å². The third-order valence-corrected chi connectivity index (χ3v) is 3.64. The maximum Gasteiger partial charge on any atom is 0.0682 e. The molecule has 0 aliphatic carbocycles. The molecule has 0 saturated carbocycles. The molecule has 0 aromatic heterocycles. The lowest BCUT2D eigenvalue weighted by Crippen LogP contribution is -1.86. The molecule has 1 N–H and O–H groups in total. The Morgan fingerprint density at radius 1 is 1.21 bits per heavy atom. The van der Waals surface area contributed by atoms with Gasteiger partial charge in [-0.2, -0.15) is 0 Å². The van der Waals surface area contributed by atoms with E-state index in [0.29, 0.717) is 0 Å². The Balaban J connectivity index is 2.74. The summed E-state index contributed by atoms with van der Waals surface area (Å²) in [5.41, 5.74) is 2.28. The summed E-state index contributed by atoms with van der Waals surface area (Å²) in [5, 5.41) is 11.5. The Kier molecular flexibility index (Phi) is 2.74. The highest BCUT2D eigenvalue weighted by atomic mass is 127. The number of aliphatic hydroxyl groups is 1. The van der Waals surface area contributed by atoms with Crippen LogP contribution in [-0.4, -0.2) is 5.11 Å². The van der Waals surface area contributed by atoms with E-state index in [2.05, 4.69) is 47.7 Å². The fourth-order valence-electron chi connectivity index (χ4n) is 1.61. The second-order valence-corrected chi connectivity index (χ2v) is 4.55. The molecule has 0 spiro atoms.